The molecule has 0 aromatic heterocycles. The van der Waals surface area contributed by atoms with Gasteiger partial charge in [0.25, 0.3) is 10.0 Å². The molecule has 3 aromatic rings. The van der Waals surface area contributed by atoms with E-state index in [1.165, 1.54) is 43.4 Å². The standard InChI is InChI=1S/C23H24N2O4S2/c1-15-5-8-20(13-16(15)2)30-19-9-6-18(7-10-19)25-31(27,28)21-11-12-23(29-4)22(14-21)24-17(3)26/h5-14,25H,1-4H3,(H,24,26). The van der Waals surface area contributed by atoms with Crippen LogP contribution in [0.4, 0.5) is 11.4 Å². The summed E-state index contributed by atoms with van der Waals surface area (Å²) in [6, 6.07) is 17.8. The predicted molar refractivity (Wildman–Crippen MR) is 125 cm³/mol. The predicted octanol–water partition coefficient (Wildman–Crippen LogP) is 5.22. The minimum atomic E-state index is -3.84. The third-order valence-corrected chi connectivity index (χ3v) is 6.99. The second kappa shape index (κ2) is 9.45. The third kappa shape index (κ3) is 5.80. The first-order valence-electron chi connectivity index (χ1n) is 9.51. The topological polar surface area (TPSA) is 84.5 Å². The Morgan fingerprint density at radius 2 is 1.58 bits per heavy atom. The Kier molecular flexibility index (Phi) is 6.92. The van der Waals surface area contributed by atoms with Gasteiger partial charge >= 0.3 is 0 Å². The number of hydrogen-bond acceptors (Lipinski definition) is 5. The van der Waals surface area contributed by atoms with Gasteiger partial charge in [0.1, 0.15) is 5.75 Å². The number of sulfonamides is 1. The van der Waals surface area contributed by atoms with Gasteiger partial charge in [-0.1, -0.05) is 17.8 Å². The van der Waals surface area contributed by atoms with Crippen molar-refractivity contribution in [1.82, 2.24) is 0 Å². The van der Waals surface area contributed by atoms with Crippen LogP contribution in [0.1, 0.15) is 18.1 Å². The Hall–Kier alpha value is -2.97. The first-order valence-corrected chi connectivity index (χ1v) is 11.8. The number of benzene rings is 3. The van der Waals surface area contributed by atoms with Gasteiger partial charge in [-0.2, -0.15) is 0 Å². The van der Waals surface area contributed by atoms with E-state index in [4.69, 9.17) is 4.74 Å². The van der Waals surface area contributed by atoms with Gasteiger partial charge in [-0.25, -0.2) is 8.42 Å². The molecule has 31 heavy (non-hydrogen) atoms. The molecule has 0 bridgehead atoms. The highest BCUT2D eigenvalue weighted by Gasteiger charge is 2.17. The van der Waals surface area contributed by atoms with Crippen LogP contribution in [0.15, 0.2) is 75.4 Å². The second-order valence-corrected chi connectivity index (χ2v) is 9.85. The summed E-state index contributed by atoms with van der Waals surface area (Å²) >= 11 is 1.61. The largest absolute Gasteiger partial charge is 0.495 e. The summed E-state index contributed by atoms with van der Waals surface area (Å²) in [5.74, 6) is 0.0551. The van der Waals surface area contributed by atoms with Gasteiger partial charge in [0.2, 0.25) is 5.91 Å². The lowest BCUT2D eigenvalue weighted by atomic mass is 10.1. The molecule has 0 saturated heterocycles. The number of methoxy groups -OCH3 is 1. The summed E-state index contributed by atoms with van der Waals surface area (Å²) in [5, 5.41) is 2.58. The van der Waals surface area contributed by atoms with Crippen molar-refractivity contribution in [2.45, 2.75) is 35.5 Å². The molecule has 162 valence electrons. The molecule has 6 nitrogen and oxygen atoms in total. The molecular weight excluding hydrogens is 432 g/mol. The first-order chi connectivity index (χ1) is 14.7. The Bertz CT molecular complexity index is 1210. The molecule has 0 spiro atoms. The van der Waals surface area contributed by atoms with Gasteiger partial charge in [-0.05, 0) is 79.6 Å². The minimum Gasteiger partial charge on any atom is -0.495 e. The smallest absolute Gasteiger partial charge is 0.261 e. The van der Waals surface area contributed by atoms with Crippen LogP contribution in [-0.4, -0.2) is 21.4 Å². The van der Waals surface area contributed by atoms with Crippen LogP contribution in [0, 0.1) is 13.8 Å². The lowest BCUT2D eigenvalue weighted by Crippen LogP contribution is -2.14. The van der Waals surface area contributed by atoms with Gasteiger partial charge in [-0.15, -0.1) is 0 Å². The fourth-order valence-corrected chi connectivity index (χ4v) is 4.86. The molecule has 0 atom stereocenters. The molecule has 8 heteroatoms. The average Bonchev–Trinajstić information content (AvgIpc) is 2.71. The molecule has 0 saturated carbocycles. The van der Waals surface area contributed by atoms with Crippen molar-refractivity contribution < 1.29 is 17.9 Å². The molecule has 1 amide bonds. The van der Waals surface area contributed by atoms with Crippen molar-refractivity contribution in [2.24, 2.45) is 0 Å². The van der Waals surface area contributed by atoms with Crippen LogP contribution in [0.2, 0.25) is 0 Å². The van der Waals surface area contributed by atoms with Crippen LogP contribution in [0.3, 0.4) is 0 Å². The minimum absolute atomic E-state index is 0.0191. The zero-order valence-electron chi connectivity index (χ0n) is 17.7. The first kappa shape index (κ1) is 22.7. The van der Waals surface area contributed by atoms with Gasteiger partial charge < -0.3 is 10.1 Å². The summed E-state index contributed by atoms with van der Waals surface area (Å²) in [6.45, 7) is 5.50. The molecule has 0 aliphatic carbocycles. The SMILES string of the molecule is COc1ccc(S(=O)(=O)Nc2ccc(Sc3ccc(C)c(C)c3)cc2)cc1NC(C)=O. The molecule has 0 fully saturated rings. The summed E-state index contributed by atoms with van der Waals surface area (Å²) in [4.78, 5) is 13.5. The number of amides is 1. The number of nitrogens with one attached hydrogen (secondary N) is 2. The van der Waals surface area contributed by atoms with Crippen molar-refractivity contribution >= 4 is 39.1 Å². The summed E-state index contributed by atoms with van der Waals surface area (Å²) in [5.41, 5.74) is 3.21. The number of anilines is 2. The number of hydrogen-bond donors (Lipinski definition) is 2. The maximum absolute atomic E-state index is 12.8. The molecule has 0 radical (unpaired) electrons. The van der Waals surface area contributed by atoms with E-state index < -0.39 is 10.0 Å². The zero-order chi connectivity index (χ0) is 22.6. The fourth-order valence-electron chi connectivity index (χ4n) is 2.86. The van der Waals surface area contributed by atoms with Crippen molar-refractivity contribution in [1.29, 1.82) is 0 Å². The van der Waals surface area contributed by atoms with Gasteiger partial charge in [0.05, 0.1) is 17.7 Å². The third-order valence-electron chi connectivity index (χ3n) is 4.61. The number of carbonyl (C=O) groups excluding carboxylic acids is 1. The van der Waals surface area contributed by atoms with Gasteiger partial charge in [0.15, 0.2) is 0 Å². The Balaban J connectivity index is 1.77. The molecule has 2 N–H and O–H groups in total. The van der Waals surface area contributed by atoms with E-state index in [-0.39, 0.29) is 16.5 Å². The lowest BCUT2D eigenvalue weighted by Gasteiger charge is -2.13. The number of rotatable bonds is 7. The van der Waals surface area contributed by atoms with E-state index >= 15 is 0 Å². The monoisotopic (exact) mass is 456 g/mol. The van der Waals surface area contributed by atoms with Crippen molar-refractivity contribution in [3.05, 3.63) is 71.8 Å². The second-order valence-electron chi connectivity index (χ2n) is 7.02. The Labute approximate surface area is 187 Å². The van der Waals surface area contributed by atoms with Crippen LogP contribution in [0.25, 0.3) is 0 Å². The maximum Gasteiger partial charge on any atom is 0.261 e. The average molecular weight is 457 g/mol. The van der Waals surface area contributed by atoms with E-state index in [2.05, 4.69) is 42.1 Å². The highest BCUT2D eigenvalue weighted by Crippen LogP contribution is 2.31. The van der Waals surface area contributed by atoms with Crippen LogP contribution >= 0.6 is 11.8 Å². The van der Waals surface area contributed by atoms with E-state index in [0.717, 1.165) is 9.79 Å². The molecular formula is C23H24N2O4S2. The molecule has 0 unspecified atom stereocenters. The molecule has 0 aliphatic heterocycles. The van der Waals surface area contributed by atoms with Crippen LogP contribution in [0.5, 0.6) is 5.75 Å². The van der Waals surface area contributed by atoms with Crippen LogP contribution in [-0.2, 0) is 14.8 Å². The Morgan fingerprint density at radius 3 is 2.19 bits per heavy atom. The number of ether oxygens (including phenoxy) is 1. The van der Waals surface area contributed by atoms with E-state index in [0.29, 0.717) is 11.4 Å². The molecule has 0 aliphatic rings. The van der Waals surface area contributed by atoms with Gasteiger partial charge in [-0.3, -0.25) is 9.52 Å². The molecule has 3 aromatic carbocycles. The highest BCUT2D eigenvalue weighted by atomic mass is 32.2. The summed E-state index contributed by atoms with van der Waals surface area (Å²) in [7, 11) is -2.39. The summed E-state index contributed by atoms with van der Waals surface area (Å²) in [6.07, 6.45) is 0. The zero-order valence-corrected chi connectivity index (χ0v) is 19.4. The van der Waals surface area contributed by atoms with Crippen molar-refractivity contribution in [3.8, 4) is 5.75 Å². The normalized spacial score (nSPS) is 11.1. The number of carbonyl (C=O) groups is 1. The van der Waals surface area contributed by atoms with Crippen molar-refractivity contribution in [2.75, 3.05) is 17.1 Å². The fraction of sp³-hybridized carbons (Fsp3) is 0.174. The van der Waals surface area contributed by atoms with Gasteiger partial charge in [0, 0.05) is 22.4 Å². The van der Waals surface area contributed by atoms with E-state index in [1.807, 2.05) is 12.1 Å². The molecule has 0 heterocycles. The van der Waals surface area contributed by atoms with E-state index in [9.17, 15) is 13.2 Å². The van der Waals surface area contributed by atoms with E-state index in [1.54, 1.807) is 23.9 Å². The summed E-state index contributed by atoms with van der Waals surface area (Å²) < 4.78 is 33.4. The quantitative estimate of drug-likeness (QED) is 0.509. The molecule has 3 rings (SSSR count). The van der Waals surface area contributed by atoms with Crippen LogP contribution < -0.4 is 14.8 Å². The lowest BCUT2D eigenvalue weighted by molar-refractivity contribution is -0.114. The Morgan fingerprint density at radius 1 is 0.903 bits per heavy atom. The maximum atomic E-state index is 12.8. The highest BCUT2D eigenvalue weighted by molar-refractivity contribution is 7.99. The number of aryl methyl sites for hydroxylation is 2. The van der Waals surface area contributed by atoms with Crippen molar-refractivity contribution in [3.63, 3.8) is 0 Å².